The van der Waals surface area contributed by atoms with Gasteiger partial charge in [-0.3, -0.25) is 14.4 Å². The van der Waals surface area contributed by atoms with Gasteiger partial charge >= 0.3 is 0 Å². The molecule has 0 radical (unpaired) electrons. The van der Waals surface area contributed by atoms with E-state index in [4.69, 9.17) is 16.6 Å². The summed E-state index contributed by atoms with van der Waals surface area (Å²) in [6, 6.07) is 13.1. The smallest absolute Gasteiger partial charge is 0.260 e. The van der Waals surface area contributed by atoms with E-state index in [0.717, 1.165) is 15.8 Å². The Balaban J connectivity index is 1.73. The Morgan fingerprint density at radius 3 is 2.82 bits per heavy atom. The number of nitrogens with zero attached hydrogens (tertiary/aromatic N) is 4. The number of hydrogen-bond acceptors (Lipinski definition) is 4. The van der Waals surface area contributed by atoms with Crippen molar-refractivity contribution in [2.45, 2.75) is 20.4 Å². The normalized spacial score (nSPS) is 11.1. The van der Waals surface area contributed by atoms with E-state index in [1.807, 2.05) is 19.2 Å². The molecular weight excluding hydrogens is 392 g/mol. The standard InChI is InChI=1S/C21H19ClN4OS/c1-14-11-15(2)19-18(12-14)28-21(24-19)26(10-9-25-8-4-7-23-25)20(27)16-5-3-6-17(22)13-16/h3-8,11-13H,9-10H2,1-2H3. The molecule has 4 rings (SSSR count). The molecule has 0 unspecified atom stereocenters. The van der Waals surface area contributed by atoms with Crippen LogP contribution in [0.25, 0.3) is 10.2 Å². The molecule has 142 valence electrons. The molecule has 0 bridgehead atoms. The van der Waals surface area contributed by atoms with Crippen molar-refractivity contribution >= 4 is 44.2 Å². The number of carbonyl (C=O) groups is 1. The van der Waals surface area contributed by atoms with E-state index in [1.165, 1.54) is 16.9 Å². The zero-order valence-electron chi connectivity index (χ0n) is 15.6. The molecule has 0 N–H and O–H groups in total. The van der Waals surface area contributed by atoms with Crippen molar-refractivity contribution < 1.29 is 4.79 Å². The second-order valence-electron chi connectivity index (χ2n) is 6.66. The summed E-state index contributed by atoms with van der Waals surface area (Å²) < 4.78 is 2.89. The highest BCUT2D eigenvalue weighted by Gasteiger charge is 2.22. The van der Waals surface area contributed by atoms with Gasteiger partial charge in [0, 0.05) is 29.5 Å². The number of carbonyl (C=O) groups excluding carboxylic acids is 1. The highest BCUT2D eigenvalue weighted by Crippen LogP contribution is 2.32. The van der Waals surface area contributed by atoms with E-state index >= 15 is 0 Å². The quantitative estimate of drug-likeness (QED) is 0.459. The minimum absolute atomic E-state index is 0.122. The second-order valence-corrected chi connectivity index (χ2v) is 8.11. The van der Waals surface area contributed by atoms with E-state index in [2.05, 4.69) is 24.2 Å². The van der Waals surface area contributed by atoms with Gasteiger partial charge in [-0.2, -0.15) is 5.10 Å². The van der Waals surface area contributed by atoms with Crippen LogP contribution < -0.4 is 4.90 Å². The lowest BCUT2D eigenvalue weighted by molar-refractivity contribution is 0.0986. The Bertz CT molecular complexity index is 1140. The van der Waals surface area contributed by atoms with Gasteiger partial charge in [-0.15, -0.1) is 0 Å². The molecule has 0 aliphatic carbocycles. The maximum atomic E-state index is 13.3. The summed E-state index contributed by atoms with van der Waals surface area (Å²) in [6.07, 6.45) is 3.61. The zero-order chi connectivity index (χ0) is 19.7. The van der Waals surface area contributed by atoms with Crippen LogP contribution in [0.2, 0.25) is 5.02 Å². The number of benzene rings is 2. The molecule has 5 nitrogen and oxygen atoms in total. The molecule has 0 saturated carbocycles. The fourth-order valence-electron chi connectivity index (χ4n) is 3.17. The molecule has 28 heavy (non-hydrogen) atoms. The minimum Gasteiger partial charge on any atom is -0.282 e. The minimum atomic E-state index is -0.122. The number of aromatic nitrogens is 3. The van der Waals surface area contributed by atoms with Crippen molar-refractivity contribution in [3.8, 4) is 0 Å². The molecule has 1 amide bonds. The number of halogens is 1. The Labute approximate surface area is 172 Å². The average molecular weight is 411 g/mol. The summed E-state index contributed by atoms with van der Waals surface area (Å²) in [7, 11) is 0. The van der Waals surface area contributed by atoms with Crippen LogP contribution in [0.15, 0.2) is 54.9 Å². The first-order valence-corrected chi connectivity index (χ1v) is 10.1. The maximum absolute atomic E-state index is 13.3. The molecule has 0 atom stereocenters. The van der Waals surface area contributed by atoms with E-state index in [1.54, 1.807) is 40.0 Å². The molecule has 0 saturated heterocycles. The summed E-state index contributed by atoms with van der Waals surface area (Å²) in [6.45, 7) is 5.16. The molecule has 0 spiro atoms. The summed E-state index contributed by atoms with van der Waals surface area (Å²) in [5.74, 6) is -0.122. The summed E-state index contributed by atoms with van der Waals surface area (Å²) in [4.78, 5) is 19.8. The third kappa shape index (κ3) is 3.79. The number of rotatable bonds is 5. The van der Waals surface area contributed by atoms with Crippen LogP contribution in [0.3, 0.4) is 0 Å². The van der Waals surface area contributed by atoms with E-state index in [0.29, 0.717) is 28.8 Å². The average Bonchev–Trinajstić information content (AvgIpc) is 3.31. The number of thiazole rings is 1. The van der Waals surface area contributed by atoms with Gasteiger partial charge in [0.25, 0.3) is 5.91 Å². The third-order valence-corrected chi connectivity index (χ3v) is 5.74. The fourth-order valence-corrected chi connectivity index (χ4v) is 4.53. The first-order chi connectivity index (χ1) is 13.5. The lowest BCUT2D eigenvalue weighted by Crippen LogP contribution is -2.34. The van der Waals surface area contributed by atoms with Crippen LogP contribution in [-0.4, -0.2) is 27.2 Å². The number of aryl methyl sites for hydroxylation is 2. The number of fused-ring (bicyclic) bond motifs is 1. The second kappa shape index (κ2) is 7.73. The van der Waals surface area contributed by atoms with E-state index in [-0.39, 0.29) is 5.91 Å². The van der Waals surface area contributed by atoms with Gasteiger partial charge in [-0.1, -0.05) is 35.1 Å². The Kier molecular flexibility index (Phi) is 5.15. The summed E-state index contributed by atoms with van der Waals surface area (Å²) in [5, 5.41) is 5.45. The van der Waals surface area contributed by atoms with Crippen molar-refractivity contribution in [3.63, 3.8) is 0 Å². The Hall–Kier alpha value is -2.70. The SMILES string of the molecule is Cc1cc(C)c2nc(N(CCn3cccn3)C(=O)c3cccc(Cl)c3)sc2c1. The monoisotopic (exact) mass is 410 g/mol. The molecule has 4 aromatic rings. The van der Waals surface area contributed by atoms with Crippen LogP contribution in [0.1, 0.15) is 21.5 Å². The van der Waals surface area contributed by atoms with Crippen molar-refractivity contribution in [2.24, 2.45) is 0 Å². The predicted octanol–water partition coefficient (Wildman–Crippen LogP) is 5.11. The molecule has 2 aromatic carbocycles. The van der Waals surface area contributed by atoms with Crippen LogP contribution >= 0.6 is 22.9 Å². The van der Waals surface area contributed by atoms with Crippen molar-refractivity contribution in [1.29, 1.82) is 0 Å². The van der Waals surface area contributed by atoms with Gasteiger partial charge in [-0.25, -0.2) is 4.98 Å². The Morgan fingerprint density at radius 2 is 2.07 bits per heavy atom. The van der Waals surface area contributed by atoms with Gasteiger partial charge < -0.3 is 0 Å². The molecule has 2 heterocycles. The summed E-state index contributed by atoms with van der Waals surface area (Å²) in [5.41, 5.74) is 3.78. The van der Waals surface area contributed by atoms with Gasteiger partial charge in [-0.05, 0) is 55.3 Å². The van der Waals surface area contributed by atoms with Crippen LogP contribution in [0.5, 0.6) is 0 Å². The van der Waals surface area contributed by atoms with Gasteiger partial charge in [0.15, 0.2) is 5.13 Å². The molecule has 0 fully saturated rings. The summed E-state index contributed by atoms with van der Waals surface area (Å²) >= 11 is 7.63. The van der Waals surface area contributed by atoms with Crippen molar-refractivity contribution in [3.05, 3.63) is 76.6 Å². The zero-order valence-corrected chi connectivity index (χ0v) is 17.2. The molecule has 0 aliphatic heterocycles. The topological polar surface area (TPSA) is 51.0 Å². The molecule has 2 aromatic heterocycles. The third-order valence-electron chi connectivity index (χ3n) is 4.48. The highest BCUT2D eigenvalue weighted by atomic mass is 35.5. The van der Waals surface area contributed by atoms with Crippen LogP contribution in [-0.2, 0) is 6.54 Å². The van der Waals surface area contributed by atoms with Crippen LogP contribution in [0, 0.1) is 13.8 Å². The lowest BCUT2D eigenvalue weighted by atomic mass is 10.1. The maximum Gasteiger partial charge on any atom is 0.260 e. The molecule has 7 heteroatoms. The first kappa shape index (κ1) is 18.7. The van der Waals surface area contributed by atoms with E-state index in [9.17, 15) is 4.79 Å². The largest absolute Gasteiger partial charge is 0.282 e. The van der Waals surface area contributed by atoms with E-state index < -0.39 is 0 Å². The number of anilines is 1. The van der Waals surface area contributed by atoms with Gasteiger partial charge in [0.1, 0.15) is 0 Å². The Morgan fingerprint density at radius 1 is 1.21 bits per heavy atom. The molecular formula is C21H19ClN4OS. The fraction of sp³-hybridized carbons (Fsp3) is 0.190. The van der Waals surface area contributed by atoms with Crippen molar-refractivity contribution in [2.75, 3.05) is 11.4 Å². The first-order valence-electron chi connectivity index (χ1n) is 8.94. The lowest BCUT2D eigenvalue weighted by Gasteiger charge is -2.20. The highest BCUT2D eigenvalue weighted by molar-refractivity contribution is 7.22. The van der Waals surface area contributed by atoms with Crippen molar-refractivity contribution in [1.82, 2.24) is 14.8 Å². The number of hydrogen-bond donors (Lipinski definition) is 0. The molecule has 0 aliphatic rings. The number of amides is 1. The van der Waals surface area contributed by atoms with Crippen LogP contribution in [0.4, 0.5) is 5.13 Å². The van der Waals surface area contributed by atoms with Gasteiger partial charge in [0.05, 0.1) is 16.8 Å². The van der Waals surface area contributed by atoms with Gasteiger partial charge in [0.2, 0.25) is 0 Å². The predicted molar refractivity (Wildman–Crippen MR) is 114 cm³/mol.